The molecular weight excluding hydrogens is 440 g/mol. The van der Waals surface area contributed by atoms with Gasteiger partial charge in [0.25, 0.3) is 0 Å². The van der Waals surface area contributed by atoms with Crippen molar-refractivity contribution in [1.29, 1.82) is 5.41 Å². The van der Waals surface area contributed by atoms with Gasteiger partial charge in [-0.25, -0.2) is 18.9 Å². The number of aliphatic carboxylic acids is 1. The third-order valence-corrected chi connectivity index (χ3v) is 5.96. The molecule has 0 aliphatic carbocycles. The van der Waals surface area contributed by atoms with Crippen molar-refractivity contribution in [3.05, 3.63) is 59.7 Å². The zero-order chi connectivity index (χ0) is 24.9. The highest BCUT2D eigenvalue weighted by molar-refractivity contribution is 5.96. The molecule has 10 nitrogen and oxygen atoms in total. The SMILES string of the molecule is CC[N+](CC)(CC(=O)O)C(=O)c1cccc(OCC2CN(c3ccc(C(=N)N)cc3)C(=O)O2)c1. The summed E-state index contributed by atoms with van der Waals surface area (Å²) in [7, 11) is 0. The van der Waals surface area contributed by atoms with Crippen LogP contribution < -0.4 is 15.4 Å². The number of benzene rings is 2. The fourth-order valence-electron chi connectivity index (χ4n) is 3.89. The summed E-state index contributed by atoms with van der Waals surface area (Å²) in [4.78, 5) is 38.3. The van der Waals surface area contributed by atoms with E-state index in [1.54, 1.807) is 62.4 Å². The van der Waals surface area contributed by atoms with Crippen LogP contribution in [0.4, 0.5) is 10.5 Å². The lowest BCUT2D eigenvalue weighted by molar-refractivity contribution is -0.838. The first-order valence-electron chi connectivity index (χ1n) is 11.0. The first-order chi connectivity index (χ1) is 16.2. The molecule has 0 spiro atoms. The van der Waals surface area contributed by atoms with Gasteiger partial charge in [0.1, 0.15) is 18.2 Å². The summed E-state index contributed by atoms with van der Waals surface area (Å²) in [5.74, 6) is -0.954. The number of rotatable bonds is 10. The maximum Gasteiger partial charge on any atom is 0.414 e. The van der Waals surface area contributed by atoms with E-state index in [4.69, 9.17) is 20.6 Å². The van der Waals surface area contributed by atoms with Crippen molar-refractivity contribution in [3.63, 3.8) is 0 Å². The summed E-state index contributed by atoms with van der Waals surface area (Å²) in [6.45, 7) is 4.36. The summed E-state index contributed by atoms with van der Waals surface area (Å²) in [6, 6.07) is 13.3. The number of anilines is 1. The number of carboxylic acids is 1. The van der Waals surface area contributed by atoms with Crippen LogP contribution >= 0.6 is 0 Å². The van der Waals surface area contributed by atoms with E-state index in [2.05, 4.69) is 0 Å². The highest BCUT2D eigenvalue weighted by atomic mass is 16.6. The standard InChI is InChI=1S/C24H28N4O6/c1-3-28(4-2,14-21(29)30)23(31)17-6-5-7-19(12-17)33-15-20-13-27(24(32)34-20)18-10-8-16(9-11-18)22(25)26/h5-12,20H,3-4,13-15H2,1-2H3,(H3-,25,26,29,30)/p+1. The second-order valence-electron chi connectivity index (χ2n) is 8.05. The highest BCUT2D eigenvalue weighted by Crippen LogP contribution is 2.24. The summed E-state index contributed by atoms with van der Waals surface area (Å²) in [6.07, 6.45) is -1.03. The number of hydrogen-bond acceptors (Lipinski definition) is 6. The molecule has 2 aromatic carbocycles. The molecule has 1 aliphatic rings. The quantitative estimate of drug-likeness (QED) is 0.275. The molecule has 1 saturated heterocycles. The Morgan fingerprint density at radius 2 is 1.85 bits per heavy atom. The Balaban J connectivity index is 1.66. The number of likely N-dealkylation sites (N-methyl/N-ethyl adjacent to an activating group) is 1. The number of nitrogens with one attached hydrogen (secondary N) is 1. The number of carbonyl (C=O) groups excluding carboxylic acids is 2. The molecule has 2 amide bonds. The summed E-state index contributed by atoms with van der Waals surface area (Å²) in [5.41, 5.74) is 7.00. The molecule has 1 atom stereocenters. The number of ether oxygens (including phenoxy) is 2. The summed E-state index contributed by atoms with van der Waals surface area (Å²) in [5, 5.41) is 16.7. The average molecular weight is 470 g/mol. The number of nitrogen functional groups attached to an aromatic ring is 1. The fourth-order valence-corrected chi connectivity index (χ4v) is 3.89. The van der Waals surface area contributed by atoms with E-state index in [9.17, 15) is 19.5 Å². The van der Waals surface area contributed by atoms with Gasteiger partial charge in [0.15, 0.2) is 12.6 Å². The summed E-state index contributed by atoms with van der Waals surface area (Å²) < 4.78 is 11.0. The van der Waals surface area contributed by atoms with E-state index in [-0.39, 0.29) is 35.9 Å². The van der Waals surface area contributed by atoms with Gasteiger partial charge in [-0.05, 0) is 56.3 Å². The maximum atomic E-state index is 13.1. The van der Waals surface area contributed by atoms with Crippen LogP contribution in [-0.4, -0.2) is 72.3 Å². The molecule has 1 aliphatic heterocycles. The molecule has 1 heterocycles. The molecule has 10 heteroatoms. The van der Waals surface area contributed by atoms with Gasteiger partial charge in [0.2, 0.25) is 0 Å². The number of nitrogens with two attached hydrogens (primary N) is 1. The summed E-state index contributed by atoms with van der Waals surface area (Å²) >= 11 is 0. The Morgan fingerprint density at radius 3 is 2.44 bits per heavy atom. The molecule has 180 valence electrons. The lowest BCUT2D eigenvalue weighted by Gasteiger charge is -2.32. The van der Waals surface area contributed by atoms with Crippen LogP contribution in [0.1, 0.15) is 29.8 Å². The number of carbonyl (C=O) groups is 3. The van der Waals surface area contributed by atoms with Crippen molar-refractivity contribution < 1.29 is 33.4 Å². The third kappa shape index (κ3) is 5.34. The Kier molecular flexibility index (Phi) is 7.52. The second kappa shape index (κ2) is 10.3. The van der Waals surface area contributed by atoms with E-state index >= 15 is 0 Å². The highest BCUT2D eigenvalue weighted by Gasteiger charge is 2.37. The van der Waals surface area contributed by atoms with Crippen molar-refractivity contribution in [2.45, 2.75) is 20.0 Å². The number of carboxylic acid groups (broad SMARTS) is 1. The number of amidine groups is 1. The Hall–Kier alpha value is -3.92. The average Bonchev–Trinajstić information content (AvgIpc) is 3.21. The van der Waals surface area contributed by atoms with Gasteiger partial charge in [0.05, 0.1) is 25.2 Å². The van der Waals surface area contributed by atoms with Gasteiger partial charge >= 0.3 is 18.0 Å². The molecule has 34 heavy (non-hydrogen) atoms. The third-order valence-electron chi connectivity index (χ3n) is 5.96. The van der Waals surface area contributed by atoms with Crippen LogP contribution in [0.2, 0.25) is 0 Å². The van der Waals surface area contributed by atoms with Crippen LogP contribution in [0.15, 0.2) is 48.5 Å². The minimum atomic E-state index is -1.03. The molecule has 0 aromatic heterocycles. The van der Waals surface area contributed by atoms with Crippen molar-refractivity contribution in [2.75, 3.05) is 37.7 Å². The van der Waals surface area contributed by atoms with Gasteiger partial charge in [-0.2, -0.15) is 0 Å². The van der Waals surface area contributed by atoms with E-state index in [0.29, 0.717) is 35.7 Å². The second-order valence-corrected chi connectivity index (χ2v) is 8.05. The lowest BCUT2D eigenvalue weighted by atomic mass is 10.1. The molecule has 2 aromatic rings. The molecule has 0 bridgehead atoms. The Bertz CT molecular complexity index is 1080. The minimum absolute atomic E-state index is 0.0561. The van der Waals surface area contributed by atoms with Gasteiger partial charge < -0.3 is 20.3 Å². The topological polar surface area (TPSA) is 143 Å². The lowest BCUT2D eigenvalue weighted by Crippen LogP contribution is -2.55. The molecule has 0 saturated carbocycles. The van der Waals surface area contributed by atoms with Crippen molar-refractivity contribution in [3.8, 4) is 5.75 Å². The number of nitrogens with zero attached hydrogens (tertiary/aromatic N) is 2. The first kappa shape index (κ1) is 24.7. The van der Waals surface area contributed by atoms with E-state index in [1.165, 1.54) is 4.90 Å². The minimum Gasteiger partial charge on any atom is -0.490 e. The molecule has 3 rings (SSSR count). The van der Waals surface area contributed by atoms with E-state index in [0.717, 1.165) is 0 Å². The predicted octanol–water partition coefficient (Wildman–Crippen LogP) is 2.46. The molecule has 1 fully saturated rings. The molecule has 4 N–H and O–H groups in total. The van der Waals surface area contributed by atoms with E-state index in [1.807, 2.05) is 0 Å². The monoisotopic (exact) mass is 469 g/mol. The number of cyclic esters (lactones) is 1. The molecular formula is C24H29N4O6+. The van der Waals surface area contributed by atoms with Crippen molar-refractivity contribution in [2.24, 2.45) is 5.73 Å². The fraction of sp³-hybridized carbons (Fsp3) is 0.333. The predicted molar refractivity (Wildman–Crippen MR) is 125 cm³/mol. The van der Waals surface area contributed by atoms with Gasteiger partial charge in [-0.1, -0.05) is 6.07 Å². The van der Waals surface area contributed by atoms with Gasteiger partial charge in [0, 0.05) is 11.3 Å². The van der Waals surface area contributed by atoms with Crippen LogP contribution in [0.25, 0.3) is 0 Å². The zero-order valence-corrected chi connectivity index (χ0v) is 19.2. The van der Waals surface area contributed by atoms with Gasteiger partial charge in [-0.3, -0.25) is 10.3 Å². The molecule has 0 radical (unpaired) electrons. The normalized spacial score (nSPS) is 15.6. The van der Waals surface area contributed by atoms with Gasteiger partial charge in [-0.15, -0.1) is 0 Å². The zero-order valence-electron chi connectivity index (χ0n) is 19.2. The first-order valence-corrected chi connectivity index (χ1v) is 11.0. The maximum absolute atomic E-state index is 13.1. The van der Waals surface area contributed by atoms with Crippen LogP contribution in [0, 0.1) is 5.41 Å². The van der Waals surface area contributed by atoms with Crippen molar-refractivity contribution >= 4 is 29.5 Å². The largest absolute Gasteiger partial charge is 0.490 e. The van der Waals surface area contributed by atoms with Crippen LogP contribution in [0.5, 0.6) is 5.75 Å². The molecule has 1 unspecified atom stereocenters. The Labute approximate surface area is 197 Å². The smallest absolute Gasteiger partial charge is 0.414 e. The number of amides is 2. The van der Waals surface area contributed by atoms with Crippen LogP contribution in [0.3, 0.4) is 0 Å². The van der Waals surface area contributed by atoms with Crippen molar-refractivity contribution in [1.82, 2.24) is 0 Å². The number of hydrogen-bond donors (Lipinski definition) is 3. The van der Waals surface area contributed by atoms with Crippen LogP contribution in [-0.2, 0) is 9.53 Å². The Morgan fingerprint density at radius 1 is 1.18 bits per heavy atom. The number of quaternary nitrogens is 1. The van der Waals surface area contributed by atoms with E-state index < -0.39 is 18.2 Å².